The van der Waals surface area contributed by atoms with Gasteiger partial charge in [0.15, 0.2) is 0 Å². The zero-order valence-corrected chi connectivity index (χ0v) is 17.0. The fraction of sp³-hybridized carbons (Fsp3) is 0.0435. The molecule has 3 aromatic carbocycles. The van der Waals surface area contributed by atoms with E-state index in [1.54, 1.807) is 43.5 Å². The number of hydrogen-bond donors (Lipinski definition) is 0. The number of benzene rings is 3. The number of methoxy groups -OCH3 is 1. The molecular formula is C23H16ClNO3S. The number of carbonyl (C=O) groups is 2. The molecule has 0 aromatic heterocycles. The van der Waals surface area contributed by atoms with Crippen LogP contribution in [-0.4, -0.2) is 18.9 Å². The molecule has 0 aliphatic carbocycles. The molecule has 29 heavy (non-hydrogen) atoms. The van der Waals surface area contributed by atoms with Gasteiger partial charge in [-0.1, -0.05) is 59.8 Å². The third kappa shape index (κ3) is 3.79. The summed E-state index contributed by atoms with van der Waals surface area (Å²) in [6.45, 7) is 0. The van der Waals surface area contributed by atoms with Crippen LogP contribution in [0.5, 0.6) is 5.75 Å². The van der Waals surface area contributed by atoms with E-state index in [9.17, 15) is 9.59 Å². The van der Waals surface area contributed by atoms with Gasteiger partial charge in [0.1, 0.15) is 5.75 Å². The van der Waals surface area contributed by atoms with E-state index in [1.165, 1.54) is 16.7 Å². The van der Waals surface area contributed by atoms with Gasteiger partial charge in [0.25, 0.3) is 11.8 Å². The number of imide groups is 1. The number of thioether (sulfide) groups is 1. The first-order chi connectivity index (χ1) is 14.1. The van der Waals surface area contributed by atoms with Crippen LogP contribution in [0.3, 0.4) is 0 Å². The first kappa shape index (κ1) is 19.3. The largest absolute Gasteiger partial charge is 0.497 e. The maximum absolute atomic E-state index is 13.3. The van der Waals surface area contributed by atoms with Crippen molar-refractivity contribution in [1.29, 1.82) is 0 Å². The van der Waals surface area contributed by atoms with Crippen LogP contribution in [0.4, 0.5) is 5.69 Å². The van der Waals surface area contributed by atoms with Gasteiger partial charge in [0, 0.05) is 16.0 Å². The van der Waals surface area contributed by atoms with E-state index in [0.29, 0.717) is 32.5 Å². The van der Waals surface area contributed by atoms with E-state index in [2.05, 4.69) is 0 Å². The lowest BCUT2D eigenvalue weighted by Gasteiger charge is -2.16. The minimum absolute atomic E-state index is 0.356. The van der Waals surface area contributed by atoms with Crippen molar-refractivity contribution in [2.45, 2.75) is 4.90 Å². The number of anilines is 1. The highest BCUT2D eigenvalue weighted by Crippen LogP contribution is 2.41. The van der Waals surface area contributed by atoms with Crippen LogP contribution in [0.25, 0.3) is 5.57 Å². The summed E-state index contributed by atoms with van der Waals surface area (Å²) in [6.07, 6.45) is 0. The fourth-order valence-electron chi connectivity index (χ4n) is 3.07. The van der Waals surface area contributed by atoms with Crippen molar-refractivity contribution in [2.24, 2.45) is 0 Å². The topological polar surface area (TPSA) is 46.6 Å². The predicted molar refractivity (Wildman–Crippen MR) is 116 cm³/mol. The number of carbonyl (C=O) groups excluding carboxylic acids is 2. The van der Waals surface area contributed by atoms with Crippen molar-refractivity contribution in [3.8, 4) is 5.75 Å². The Morgan fingerprint density at radius 1 is 0.862 bits per heavy atom. The number of ether oxygens (including phenoxy) is 1. The molecule has 0 N–H and O–H groups in total. The second-order valence-electron chi connectivity index (χ2n) is 6.27. The Kier molecular flexibility index (Phi) is 5.43. The lowest BCUT2D eigenvalue weighted by atomic mass is 10.1. The Bertz CT molecular complexity index is 1110. The van der Waals surface area contributed by atoms with Gasteiger partial charge >= 0.3 is 0 Å². The molecule has 1 aliphatic heterocycles. The molecule has 0 unspecified atom stereocenters. The second-order valence-corrected chi connectivity index (χ2v) is 7.79. The number of nitrogens with zero attached hydrogens (tertiary/aromatic N) is 1. The van der Waals surface area contributed by atoms with Gasteiger partial charge in [-0.2, -0.15) is 0 Å². The Hall–Kier alpha value is -3.02. The molecular weight excluding hydrogens is 406 g/mol. The van der Waals surface area contributed by atoms with Gasteiger partial charge in [-0.3, -0.25) is 9.59 Å². The molecule has 0 saturated heterocycles. The van der Waals surface area contributed by atoms with E-state index in [1.807, 2.05) is 42.5 Å². The summed E-state index contributed by atoms with van der Waals surface area (Å²) < 4.78 is 5.25. The van der Waals surface area contributed by atoms with Crippen LogP contribution in [0.15, 0.2) is 88.7 Å². The zero-order valence-electron chi connectivity index (χ0n) is 15.5. The highest BCUT2D eigenvalue weighted by atomic mass is 35.5. The second kappa shape index (κ2) is 8.15. The summed E-state index contributed by atoms with van der Waals surface area (Å²) in [5, 5.41) is 0.610. The minimum Gasteiger partial charge on any atom is -0.497 e. The molecule has 1 aliphatic rings. The van der Waals surface area contributed by atoms with Gasteiger partial charge in [-0.15, -0.1) is 0 Å². The van der Waals surface area contributed by atoms with Crippen LogP contribution in [0.1, 0.15) is 5.56 Å². The highest BCUT2D eigenvalue weighted by Gasteiger charge is 2.40. The smallest absolute Gasteiger partial charge is 0.272 e. The monoisotopic (exact) mass is 421 g/mol. The average molecular weight is 422 g/mol. The molecule has 0 bridgehead atoms. The zero-order chi connectivity index (χ0) is 20.4. The van der Waals surface area contributed by atoms with E-state index in [-0.39, 0.29) is 11.8 Å². The number of hydrogen-bond acceptors (Lipinski definition) is 4. The van der Waals surface area contributed by atoms with Crippen molar-refractivity contribution < 1.29 is 14.3 Å². The summed E-state index contributed by atoms with van der Waals surface area (Å²) >= 11 is 7.23. The van der Waals surface area contributed by atoms with Gasteiger partial charge in [-0.25, -0.2) is 4.90 Å². The molecule has 4 rings (SSSR count). The summed E-state index contributed by atoms with van der Waals surface area (Å²) in [4.78, 5) is 29.1. The fourth-order valence-corrected chi connectivity index (χ4v) is 4.19. The molecule has 1 heterocycles. The molecule has 0 saturated carbocycles. The van der Waals surface area contributed by atoms with Crippen molar-refractivity contribution in [3.05, 3.63) is 94.4 Å². The quantitative estimate of drug-likeness (QED) is 0.515. The van der Waals surface area contributed by atoms with Crippen LogP contribution in [0.2, 0.25) is 5.02 Å². The first-order valence-electron chi connectivity index (χ1n) is 8.84. The number of halogens is 1. The van der Waals surface area contributed by atoms with Crippen molar-refractivity contribution in [1.82, 2.24) is 0 Å². The van der Waals surface area contributed by atoms with Crippen LogP contribution in [-0.2, 0) is 9.59 Å². The molecule has 6 heteroatoms. The maximum Gasteiger partial charge on any atom is 0.272 e. The SMILES string of the molecule is COc1cccc(N2C(=O)C(Sc3ccc(Cl)cc3)=C(c3ccccc3)C2=O)c1. The van der Waals surface area contributed by atoms with Crippen molar-refractivity contribution in [3.63, 3.8) is 0 Å². The van der Waals surface area contributed by atoms with E-state index in [0.717, 1.165) is 4.90 Å². The summed E-state index contributed by atoms with van der Waals surface area (Å²) in [5.41, 5.74) is 1.56. The van der Waals surface area contributed by atoms with E-state index >= 15 is 0 Å². The first-order valence-corrected chi connectivity index (χ1v) is 10.0. The van der Waals surface area contributed by atoms with Gasteiger partial charge < -0.3 is 4.74 Å². The summed E-state index contributed by atoms with van der Waals surface area (Å²) in [6, 6.07) is 23.3. The molecule has 4 nitrogen and oxygen atoms in total. The van der Waals surface area contributed by atoms with E-state index < -0.39 is 0 Å². The Labute approximate surface area is 177 Å². The third-order valence-electron chi connectivity index (χ3n) is 4.45. The van der Waals surface area contributed by atoms with E-state index in [4.69, 9.17) is 16.3 Å². The Balaban J connectivity index is 1.80. The Morgan fingerprint density at radius 3 is 2.28 bits per heavy atom. The number of rotatable bonds is 5. The van der Waals surface area contributed by atoms with Crippen molar-refractivity contribution >= 4 is 46.4 Å². The van der Waals surface area contributed by atoms with Crippen LogP contribution >= 0.6 is 23.4 Å². The molecule has 0 radical (unpaired) electrons. The Morgan fingerprint density at radius 2 is 1.59 bits per heavy atom. The molecule has 144 valence electrons. The maximum atomic E-state index is 13.3. The van der Waals surface area contributed by atoms with Crippen LogP contribution < -0.4 is 9.64 Å². The van der Waals surface area contributed by atoms with Gasteiger partial charge in [-0.05, 0) is 42.0 Å². The van der Waals surface area contributed by atoms with Gasteiger partial charge in [0.05, 0.1) is 23.3 Å². The average Bonchev–Trinajstić information content (AvgIpc) is 2.99. The highest BCUT2D eigenvalue weighted by molar-refractivity contribution is 8.04. The van der Waals surface area contributed by atoms with Gasteiger partial charge in [0.2, 0.25) is 0 Å². The molecule has 2 amide bonds. The lowest BCUT2D eigenvalue weighted by molar-refractivity contribution is -0.119. The normalized spacial score (nSPS) is 13.9. The van der Waals surface area contributed by atoms with Crippen molar-refractivity contribution in [2.75, 3.05) is 12.0 Å². The predicted octanol–water partition coefficient (Wildman–Crippen LogP) is 5.43. The molecule has 0 fully saturated rings. The third-order valence-corrected chi connectivity index (χ3v) is 5.79. The summed E-state index contributed by atoms with van der Waals surface area (Å²) in [5.74, 6) is -0.142. The summed E-state index contributed by atoms with van der Waals surface area (Å²) in [7, 11) is 1.54. The lowest BCUT2D eigenvalue weighted by Crippen LogP contribution is -2.31. The number of amides is 2. The minimum atomic E-state index is -0.359. The standard InChI is InChI=1S/C23H16ClNO3S/c1-28-18-9-5-8-17(14-18)25-22(26)20(15-6-3-2-4-7-15)21(23(25)27)29-19-12-10-16(24)11-13-19/h2-14H,1H3. The molecule has 3 aromatic rings. The molecule has 0 spiro atoms. The molecule has 0 atom stereocenters. The van der Waals surface area contributed by atoms with Crippen LogP contribution in [0, 0.1) is 0 Å².